The lowest BCUT2D eigenvalue weighted by atomic mass is 9.75. The van der Waals surface area contributed by atoms with Gasteiger partial charge in [-0.05, 0) is 55.0 Å². The van der Waals surface area contributed by atoms with Crippen LogP contribution in [0.1, 0.15) is 34.5 Å². The maximum Gasteiger partial charge on any atom is 0.253 e. The monoisotopic (exact) mass is 322 g/mol. The minimum Gasteiger partial charge on any atom is -0.393 e. The summed E-state index contributed by atoms with van der Waals surface area (Å²) < 4.78 is 0. The molecule has 1 aliphatic carbocycles. The summed E-state index contributed by atoms with van der Waals surface area (Å²) >= 11 is 0. The molecule has 0 saturated heterocycles. The predicted octanol–water partition coefficient (Wildman–Crippen LogP) is 1.46. The van der Waals surface area contributed by atoms with Crippen LogP contribution in [-0.4, -0.2) is 33.1 Å². The SMILES string of the molecule is N#Cc1ccc(C(=O)N[C@H](Cc2ccncc2)C2CC(O)C2)cn1. The Morgan fingerprint density at radius 1 is 1.33 bits per heavy atom. The molecule has 1 aliphatic rings. The molecule has 0 bridgehead atoms. The summed E-state index contributed by atoms with van der Waals surface area (Å²) in [6.45, 7) is 0. The van der Waals surface area contributed by atoms with Gasteiger partial charge in [-0.3, -0.25) is 9.78 Å². The summed E-state index contributed by atoms with van der Waals surface area (Å²) in [6.07, 6.45) is 6.68. The van der Waals surface area contributed by atoms with E-state index in [4.69, 9.17) is 5.26 Å². The van der Waals surface area contributed by atoms with E-state index in [1.807, 2.05) is 18.2 Å². The van der Waals surface area contributed by atoms with Gasteiger partial charge < -0.3 is 10.4 Å². The van der Waals surface area contributed by atoms with E-state index in [0.717, 1.165) is 5.56 Å². The first-order chi connectivity index (χ1) is 11.7. The molecule has 1 amide bonds. The molecule has 2 N–H and O–H groups in total. The highest BCUT2D eigenvalue weighted by molar-refractivity contribution is 5.94. The van der Waals surface area contributed by atoms with Crippen molar-refractivity contribution >= 4 is 5.91 Å². The molecule has 2 aromatic heterocycles. The van der Waals surface area contributed by atoms with E-state index in [9.17, 15) is 9.90 Å². The second-order valence-corrected chi connectivity index (χ2v) is 6.07. The van der Waals surface area contributed by atoms with Gasteiger partial charge in [0.25, 0.3) is 5.91 Å². The maximum absolute atomic E-state index is 12.5. The van der Waals surface area contributed by atoms with Crippen LogP contribution in [0.5, 0.6) is 0 Å². The third-order valence-corrected chi connectivity index (χ3v) is 4.38. The third-order valence-electron chi connectivity index (χ3n) is 4.38. The minimum absolute atomic E-state index is 0.0565. The number of carbonyl (C=O) groups is 1. The largest absolute Gasteiger partial charge is 0.393 e. The molecule has 2 aromatic rings. The number of aromatic nitrogens is 2. The number of aliphatic hydroxyl groups excluding tert-OH is 1. The second kappa shape index (κ2) is 7.20. The van der Waals surface area contributed by atoms with Gasteiger partial charge in [0.05, 0.1) is 11.7 Å². The van der Waals surface area contributed by atoms with Gasteiger partial charge in [-0.1, -0.05) is 0 Å². The highest BCUT2D eigenvalue weighted by atomic mass is 16.3. The Morgan fingerprint density at radius 3 is 2.67 bits per heavy atom. The fraction of sp³-hybridized carbons (Fsp3) is 0.333. The van der Waals surface area contributed by atoms with Crippen LogP contribution in [0, 0.1) is 17.2 Å². The van der Waals surface area contributed by atoms with E-state index in [2.05, 4.69) is 15.3 Å². The third kappa shape index (κ3) is 3.76. The quantitative estimate of drug-likeness (QED) is 0.868. The summed E-state index contributed by atoms with van der Waals surface area (Å²) in [7, 11) is 0. The summed E-state index contributed by atoms with van der Waals surface area (Å²) in [4.78, 5) is 20.4. The molecule has 0 aromatic carbocycles. The van der Waals surface area contributed by atoms with Gasteiger partial charge in [-0.2, -0.15) is 5.26 Å². The lowest BCUT2D eigenvalue weighted by Crippen LogP contribution is -2.48. The molecule has 3 rings (SSSR count). The molecule has 6 heteroatoms. The lowest BCUT2D eigenvalue weighted by Gasteiger charge is -2.38. The van der Waals surface area contributed by atoms with Gasteiger partial charge >= 0.3 is 0 Å². The maximum atomic E-state index is 12.5. The number of amides is 1. The first kappa shape index (κ1) is 16.1. The van der Waals surface area contributed by atoms with Crippen molar-refractivity contribution in [3.05, 3.63) is 59.7 Å². The molecular formula is C18H18N4O2. The topological polar surface area (TPSA) is 98.9 Å². The molecule has 24 heavy (non-hydrogen) atoms. The fourth-order valence-corrected chi connectivity index (χ4v) is 2.91. The number of nitrogens with zero attached hydrogens (tertiary/aromatic N) is 3. The number of carbonyl (C=O) groups excluding carboxylic acids is 1. The number of aliphatic hydroxyl groups is 1. The van der Waals surface area contributed by atoms with Crippen LogP contribution >= 0.6 is 0 Å². The number of hydrogen-bond donors (Lipinski definition) is 2. The van der Waals surface area contributed by atoms with Gasteiger partial charge in [-0.15, -0.1) is 0 Å². The van der Waals surface area contributed by atoms with Gasteiger partial charge in [0, 0.05) is 24.6 Å². The van der Waals surface area contributed by atoms with Gasteiger partial charge in [0.2, 0.25) is 0 Å². The normalized spacial score (nSPS) is 20.5. The van der Waals surface area contributed by atoms with Crippen molar-refractivity contribution < 1.29 is 9.90 Å². The number of rotatable bonds is 5. The van der Waals surface area contributed by atoms with Crippen LogP contribution < -0.4 is 5.32 Å². The smallest absolute Gasteiger partial charge is 0.253 e. The highest BCUT2D eigenvalue weighted by Crippen LogP contribution is 2.31. The highest BCUT2D eigenvalue weighted by Gasteiger charge is 2.34. The van der Waals surface area contributed by atoms with Crippen LogP contribution in [0.3, 0.4) is 0 Å². The Bertz CT molecular complexity index is 734. The van der Waals surface area contributed by atoms with Crippen LogP contribution in [0.25, 0.3) is 0 Å². The van der Waals surface area contributed by atoms with Crippen molar-refractivity contribution in [2.75, 3.05) is 0 Å². The summed E-state index contributed by atoms with van der Waals surface area (Å²) in [5, 5.41) is 21.4. The van der Waals surface area contributed by atoms with Crippen LogP contribution in [-0.2, 0) is 6.42 Å². The zero-order valence-electron chi connectivity index (χ0n) is 13.1. The average molecular weight is 322 g/mol. The van der Waals surface area contributed by atoms with Gasteiger partial charge in [-0.25, -0.2) is 4.98 Å². The van der Waals surface area contributed by atoms with Crippen molar-refractivity contribution in [1.82, 2.24) is 15.3 Å². The Balaban J connectivity index is 1.70. The predicted molar refractivity (Wildman–Crippen MR) is 86.9 cm³/mol. The van der Waals surface area contributed by atoms with Gasteiger partial charge in [0.1, 0.15) is 11.8 Å². The summed E-state index contributed by atoms with van der Waals surface area (Å²) in [6, 6.07) is 8.86. The van der Waals surface area contributed by atoms with Crippen molar-refractivity contribution in [3.63, 3.8) is 0 Å². The first-order valence-electron chi connectivity index (χ1n) is 7.89. The Hall–Kier alpha value is -2.78. The number of nitriles is 1. The molecular weight excluding hydrogens is 304 g/mol. The van der Waals surface area contributed by atoms with Crippen molar-refractivity contribution in [1.29, 1.82) is 5.26 Å². The first-order valence-corrected chi connectivity index (χ1v) is 7.89. The van der Waals surface area contributed by atoms with Crippen LogP contribution in [0.4, 0.5) is 0 Å². The standard InChI is InChI=1S/C18H18N4O2/c19-10-15-2-1-13(11-21-15)18(24)22-17(14-8-16(23)9-14)7-12-3-5-20-6-4-12/h1-6,11,14,16-17,23H,7-9H2,(H,22,24)/t14?,16?,17-/m1/s1. The van der Waals surface area contributed by atoms with E-state index in [0.29, 0.717) is 24.8 Å². The zero-order valence-corrected chi connectivity index (χ0v) is 13.1. The Kier molecular flexibility index (Phi) is 4.82. The van der Waals surface area contributed by atoms with Crippen molar-refractivity contribution in [2.24, 2.45) is 5.92 Å². The Morgan fingerprint density at radius 2 is 2.08 bits per heavy atom. The minimum atomic E-state index is -0.275. The molecule has 1 atom stereocenters. The molecule has 6 nitrogen and oxygen atoms in total. The van der Waals surface area contributed by atoms with E-state index in [1.54, 1.807) is 18.5 Å². The number of nitrogens with one attached hydrogen (secondary N) is 1. The fourth-order valence-electron chi connectivity index (χ4n) is 2.91. The summed E-state index contributed by atoms with van der Waals surface area (Å²) in [5.41, 5.74) is 1.80. The van der Waals surface area contributed by atoms with E-state index in [1.165, 1.54) is 12.3 Å². The van der Waals surface area contributed by atoms with E-state index in [-0.39, 0.29) is 29.7 Å². The lowest BCUT2D eigenvalue weighted by molar-refractivity contribution is 0.0239. The average Bonchev–Trinajstić information content (AvgIpc) is 2.59. The molecule has 2 heterocycles. The van der Waals surface area contributed by atoms with Crippen molar-refractivity contribution in [3.8, 4) is 6.07 Å². The summed E-state index contributed by atoms with van der Waals surface area (Å²) in [5.74, 6) is 0.0379. The van der Waals surface area contributed by atoms with E-state index < -0.39 is 0 Å². The second-order valence-electron chi connectivity index (χ2n) is 6.07. The van der Waals surface area contributed by atoms with Crippen molar-refractivity contribution in [2.45, 2.75) is 31.4 Å². The molecule has 122 valence electrons. The molecule has 1 fully saturated rings. The number of pyridine rings is 2. The van der Waals surface area contributed by atoms with Crippen LogP contribution in [0.2, 0.25) is 0 Å². The number of hydrogen-bond acceptors (Lipinski definition) is 5. The van der Waals surface area contributed by atoms with Gasteiger partial charge in [0.15, 0.2) is 0 Å². The molecule has 0 radical (unpaired) electrons. The molecule has 1 saturated carbocycles. The molecule has 0 spiro atoms. The van der Waals surface area contributed by atoms with E-state index >= 15 is 0 Å². The Labute approximate surface area is 140 Å². The molecule has 0 unspecified atom stereocenters. The zero-order chi connectivity index (χ0) is 16.9. The molecule has 0 aliphatic heterocycles. The van der Waals surface area contributed by atoms with Crippen LogP contribution in [0.15, 0.2) is 42.9 Å².